The van der Waals surface area contributed by atoms with Gasteiger partial charge in [0.15, 0.2) is 0 Å². The van der Waals surface area contributed by atoms with Crippen molar-refractivity contribution in [2.75, 3.05) is 13.2 Å². The highest BCUT2D eigenvalue weighted by Crippen LogP contribution is 2.35. The van der Waals surface area contributed by atoms with Crippen molar-refractivity contribution >= 4 is 37.6 Å². The van der Waals surface area contributed by atoms with Gasteiger partial charge in [-0.05, 0) is 47.0 Å². The topological polar surface area (TPSA) is 66.4 Å². The van der Waals surface area contributed by atoms with Crippen LogP contribution in [-0.4, -0.2) is 26.7 Å². The van der Waals surface area contributed by atoms with Crippen molar-refractivity contribution in [3.63, 3.8) is 0 Å². The molecule has 4 nitrogen and oxygen atoms in total. The largest absolute Gasteiger partial charge is 0.396 e. The van der Waals surface area contributed by atoms with E-state index in [0.717, 1.165) is 32.1 Å². The molecule has 0 saturated heterocycles. The van der Waals surface area contributed by atoms with E-state index in [9.17, 15) is 13.5 Å². The fraction of sp³-hybridized carbons (Fsp3) is 0.571. The van der Waals surface area contributed by atoms with Gasteiger partial charge in [-0.1, -0.05) is 30.9 Å². The number of aliphatic hydroxyl groups is 1. The number of hydrogen-bond acceptors (Lipinski definition) is 3. The lowest BCUT2D eigenvalue weighted by Gasteiger charge is -2.35. The van der Waals surface area contributed by atoms with Gasteiger partial charge in [-0.25, -0.2) is 13.1 Å². The number of nitrogens with one attached hydrogen (secondary N) is 1. The van der Waals surface area contributed by atoms with E-state index in [1.165, 1.54) is 12.1 Å². The fourth-order valence-corrected chi connectivity index (χ4v) is 4.50. The molecule has 2 N–H and O–H groups in total. The minimum Gasteiger partial charge on any atom is -0.396 e. The molecule has 0 amide bonds. The van der Waals surface area contributed by atoms with Crippen molar-refractivity contribution < 1.29 is 13.5 Å². The Morgan fingerprint density at radius 1 is 1.29 bits per heavy atom. The molecule has 7 heteroatoms. The average molecular weight is 397 g/mol. The second kappa shape index (κ2) is 6.96. The molecule has 0 aliphatic heterocycles. The molecule has 0 spiro atoms. The summed E-state index contributed by atoms with van der Waals surface area (Å²) >= 11 is 9.11. The van der Waals surface area contributed by atoms with Crippen LogP contribution in [0.1, 0.15) is 32.1 Å². The van der Waals surface area contributed by atoms with E-state index in [4.69, 9.17) is 11.6 Å². The average Bonchev–Trinajstić information content (AvgIpc) is 2.49. The van der Waals surface area contributed by atoms with Gasteiger partial charge in [0, 0.05) is 23.0 Å². The molecule has 1 aliphatic carbocycles. The molecule has 21 heavy (non-hydrogen) atoms. The Morgan fingerprint density at radius 3 is 2.52 bits per heavy atom. The quantitative estimate of drug-likeness (QED) is 0.802. The van der Waals surface area contributed by atoms with Crippen LogP contribution in [0.4, 0.5) is 0 Å². The van der Waals surface area contributed by atoms with Crippen molar-refractivity contribution in [3.8, 4) is 0 Å². The molecule has 1 fully saturated rings. The minimum atomic E-state index is -3.60. The molecule has 0 aromatic heterocycles. The summed E-state index contributed by atoms with van der Waals surface area (Å²) in [6.07, 6.45) is 4.94. The Labute approximate surface area is 139 Å². The lowest BCUT2D eigenvalue weighted by Crippen LogP contribution is -2.41. The summed E-state index contributed by atoms with van der Waals surface area (Å²) in [6, 6.07) is 4.50. The molecular weight excluding hydrogens is 378 g/mol. The first-order chi connectivity index (χ1) is 9.88. The molecular formula is C14H19BrClNO3S. The zero-order chi connectivity index (χ0) is 15.5. The highest BCUT2D eigenvalue weighted by Gasteiger charge is 2.32. The van der Waals surface area contributed by atoms with E-state index in [2.05, 4.69) is 20.7 Å². The molecule has 0 bridgehead atoms. The van der Waals surface area contributed by atoms with Gasteiger partial charge in [-0.2, -0.15) is 0 Å². The molecule has 118 valence electrons. The highest BCUT2D eigenvalue weighted by atomic mass is 79.9. The van der Waals surface area contributed by atoms with E-state index in [1.807, 2.05) is 0 Å². The van der Waals surface area contributed by atoms with Crippen LogP contribution in [-0.2, 0) is 10.0 Å². The van der Waals surface area contributed by atoms with Crippen molar-refractivity contribution in [2.45, 2.75) is 37.0 Å². The van der Waals surface area contributed by atoms with Gasteiger partial charge < -0.3 is 5.11 Å². The minimum absolute atomic E-state index is 0.0137. The van der Waals surface area contributed by atoms with E-state index < -0.39 is 10.0 Å². The molecule has 1 aliphatic rings. The third-order valence-corrected chi connectivity index (χ3v) is 6.70. The summed E-state index contributed by atoms with van der Waals surface area (Å²) < 4.78 is 27.9. The maximum absolute atomic E-state index is 12.3. The van der Waals surface area contributed by atoms with Crippen LogP contribution in [0.15, 0.2) is 27.6 Å². The van der Waals surface area contributed by atoms with E-state index in [1.54, 1.807) is 6.07 Å². The van der Waals surface area contributed by atoms with Crippen LogP contribution >= 0.6 is 27.5 Å². The zero-order valence-corrected chi connectivity index (χ0v) is 14.8. The SMILES string of the molecule is O=S(=O)(NCC1(CO)CCCCC1)c1ccc(Cl)c(Br)c1. The predicted octanol–water partition coefficient (Wildman–Crippen LogP) is 3.32. The molecule has 0 heterocycles. The lowest BCUT2D eigenvalue weighted by molar-refractivity contribution is 0.0867. The number of benzene rings is 1. The summed E-state index contributed by atoms with van der Waals surface area (Å²) in [5.41, 5.74) is -0.324. The number of sulfonamides is 1. The molecule has 0 unspecified atom stereocenters. The molecule has 2 rings (SSSR count). The number of hydrogen-bond donors (Lipinski definition) is 2. The highest BCUT2D eigenvalue weighted by molar-refractivity contribution is 9.10. The summed E-state index contributed by atoms with van der Waals surface area (Å²) in [5.74, 6) is 0. The number of halogens is 2. The van der Waals surface area contributed by atoms with Gasteiger partial charge in [0.1, 0.15) is 0 Å². The maximum atomic E-state index is 12.3. The van der Waals surface area contributed by atoms with Gasteiger partial charge in [-0.3, -0.25) is 0 Å². The maximum Gasteiger partial charge on any atom is 0.240 e. The van der Waals surface area contributed by atoms with Crippen molar-refractivity contribution in [2.24, 2.45) is 5.41 Å². The first kappa shape index (κ1) is 17.2. The standard InChI is InChI=1S/C14H19BrClNO3S/c15-12-8-11(4-5-13(12)16)21(19,20)17-9-14(10-18)6-2-1-3-7-14/h4-5,8,17-18H,1-3,6-7,9-10H2. The summed E-state index contributed by atoms with van der Waals surface area (Å²) in [5, 5.41) is 10.1. The smallest absolute Gasteiger partial charge is 0.240 e. The molecule has 1 saturated carbocycles. The van der Waals surface area contributed by atoms with Gasteiger partial charge in [0.05, 0.1) is 9.92 Å². The first-order valence-corrected chi connectivity index (χ1v) is 9.60. The Kier molecular flexibility index (Phi) is 5.71. The summed E-state index contributed by atoms with van der Waals surface area (Å²) in [4.78, 5) is 0.169. The van der Waals surface area contributed by atoms with Crippen LogP contribution in [0.3, 0.4) is 0 Å². The van der Waals surface area contributed by atoms with Gasteiger partial charge >= 0.3 is 0 Å². The molecule has 1 aromatic carbocycles. The monoisotopic (exact) mass is 395 g/mol. The second-order valence-electron chi connectivity index (χ2n) is 5.62. The van der Waals surface area contributed by atoms with Crippen molar-refractivity contribution in [3.05, 3.63) is 27.7 Å². The first-order valence-electron chi connectivity index (χ1n) is 6.94. The molecule has 0 atom stereocenters. The molecule has 1 aromatic rings. The van der Waals surface area contributed by atoms with Gasteiger partial charge in [0.2, 0.25) is 10.0 Å². The lowest BCUT2D eigenvalue weighted by atomic mass is 9.75. The van der Waals surface area contributed by atoms with Crippen LogP contribution in [0.25, 0.3) is 0 Å². The van der Waals surface area contributed by atoms with E-state index in [-0.39, 0.29) is 23.5 Å². The van der Waals surface area contributed by atoms with Crippen molar-refractivity contribution in [1.82, 2.24) is 4.72 Å². The predicted molar refractivity (Wildman–Crippen MR) is 86.9 cm³/mol. The second-order valence-corrected chi connectivity index (χ2v) is 8.65. The van der Waals surface area contributed by atoms with Gasteiger partial charge in [-0.15, -0.1) is 0 Å². The van der Waals surface area contributed by atoms with Crippen LogP contribution < -0.4 is 4.72 Å². The zero-order valence-electron chi connectivity index (χ0n) is 11.6. The Morgan fingerprint density at radius 2 is 1.95 bits per heavy atom. The van der Waals surface area contributed by atoms with Crippen molar-refractivity contribution in [1.29, 1.82) is 0 Å². The fourth-order valence-electron chi connectivity index (χ4n) is 2.67. The van der Waals surface area contributed by atoms with Crippen LogP contribution in [0, 0.1) is 5.41 Å². The Bertz CT molecular complexity index is 600. The normalized spacial score (nSPS) is 18.6. The summed E-state index contributed by atoms with van der Waals surface area (Å²) in [7, 11) is -3.60. The van der Waals surface area contributed by atoms with Crippen LogP contribution in [0.5, 0.6) is 0 Å². The summed E-state index contributed by atoms with van der Waals surface area (Å²) in [6.45, 7) is 0.284. The third-order valence-electron chi connectivity index (χ3n) is 4.09. The molecule has 0 radical (unpaired) electrons. The van der Waals surface area contributed by atoms with E-state index >= 15 is 0 Å². The number of rotatable bonds is 5. The van der Waals surface area contributed by atoms with Gasteiger partial charge in [0.25, 0.3) is 0 Å². The van der Waals surface area contributed by atoms with Crippen LogP contribution in [0.2, 0.25) is 5.02 Å². The Hall–Kier alpha value is -0.140. The number of aliphatic hydroxyl groups excluding tert-OH is 1. The van der Waals surface area contributed by atoms with E-state index in [0.29, 0.717) is 9.50 Å². The Balaban J connectivity index is 2.11. The third kappa shape index (κ3) is 4.20.